The Morgan fingerprint density at radius 2 is 1.82 bits per heavy atom. The average Bonchev–Trinajstić information content (AvgIpc) is 2.41. The molecule has 0 aromatic carbocycles. The van der Waals surface area contributed by atoms with Gasteiger partial charge in [-0.2, -0.15) is 0 Å². The van der Waals surface area contributed by atoms with E-state index >= 15 is 0 Å². The van der Waals surface area contributed by atoms with Crippen LogP contribution in [0.4, 0.5) is 0 Å². The summed E-state index contributed by atoms with van der Waals surface area (Å²) in [7, 11) is 3.47. The Hall–Kier alpha value is -2.01. The predicted octanol–water partition coefficient (Wildman–Crippen LogP) is 1.19. The van der Waals surface area contributed by atoms with Crippen LogP contribution in [0.25, 0.3) is 0 Å². The van der Waals surface area contributed by atoms with E-state index in [1.807, 2.05) is 19.2 Å². The Morgan fingerprint density at radius 1 is 1.12 bits per heavy atom. The normalized spacial score (nSPS) is 12.1. The highest BCUT2D eigenvalue weighted by molar-refractivity contribution is 5.32. The second-order valence-electron chi connectivity index (χ2n) is 3.42. The second kappa shape index (κ2) is 5.36. The fraction of sp³-hybridized carbons (Fsp3) is 0.250. The lowest BCUT2D eigenvalue weighted by Gasteiger charge is -2.16. The first kappa shape index (κ1) is 11.5. The standard InChI is InChI=1S/C12H14N4O/c1-13-11(12-15-7-4-8-16-12)10-9(17-2)5-3-6-14-10/h3-8,11,13H,1-2H3. The summed E-state index contributed by atoms with van der Waals surface area (Å²) in [5.74, 6) is 1.39. The minimum atomic E-state index is -0.174. The molecule has 0 spiro atoms. The molecule has 0 saturated carbocycles. The first-order chi connectivity index (χ1) is 8.36. The maximum Gasteiger partial charge on any atom is 0.151 e. The Morgan fingerprint density at radius 3 is 2.47 bits per heavy atom. The van der Waals surface area contributed by atoms with Gasteiger partial charge in [0, 0.05) is 18.6 Å². The van der Waals surface area contributed by atoms with Crippen LogP contribution in [0.1, 0.15) is 17.6 Å². The largest absolute Gasteiger partial charge is 0.495 e. The smallest absolute Gasteiger partial charge is 0.151 e. The third kappa shape index (κ3) is 2.39. The summed E-state index contributed by atoms with van der Waals surface area (Å²) in [6.07, 6.45) is 5.15. The molecule has 2 aromatic rings. The monoisotopic (exact) mass is 230 g/mol. The van der Waals surface area contributed by atoms with Gasteiger partial charge in [0.1, 0.15) is 17.5 Å². The van der Waals surface area contributed by atoms with Crippen molar-refractivity contribution in [3.05, 3.63) is 48.3 Å². The molecular weight excluding hydrogens is 216 g/mol. The molecule has 1 N–H and O–H groups in total. The Balaban J connectivity index is 2.42. The molecule has 2 rings (SSSR count). The molecule has 0 fully saturated rings. The number of nitrogens with one attached hydrogen (secondary N) is 1. The third-order valence-corrected chi connectivity index (χ3v) is 2.43. The fourth-order valence-corrected chi connectivity index (χ4v) is 1.64. The molecule has 2 aromatic heterocycles. The van der Waals surface area contributed by atoms with Crippen LogP contribution in [0.5, 0.6) is 5.75 Å². The highest BCUT2D eigenvalue weighted by atomic mass is 16.5. The van der Waals surface area contributed by atoms with Crippen LogP contribution in [-0.4, -0.2) is 29.1 Å². The number of methoxy groups -OCH3 is 1. The van der Waals surface area contributed by atoms with E-state index in [9.17, 15) is 0 Å². The molecule has 1 atom stereocenters. The van der Waals surface area contributed by atoms with Crippen LogP contribution < -0.4 is 10.1 Å². The van der Waals surface area contributed by atoms with Gasteiger partial charge in [0.05, 0.1) is 7.11 Å². The van der Waals surface area contributed by atoms with Gasteiger partial charge in [-0.15, -0.1) is 0 Å². The number of ether oxygens (including phenoxy) is 1. The number of rotatable bonds is 4. The molecule has 88 valence electrons. The molecule has 0 radical (unpaired) electrons. The molecule has 2 heterocycles. The number of hydrogen-bond acceptors (Lipinski definition) is 5. The van der Waals surface area contributed by atoms with E-state index in [4.69, 9.17) is 4.74 Å². The maximum atomic E-state index is 5.29. The van der Waals surface area contributed by atoms with Crippen LogP contribution in [0.15, 0.2) is 36.8 Å². The van der Waals surface area contributed by atoms with Crippen molar-refractivity contribution in [2.45, 2.75) is 6.04 Å². The molecule has 0 aliphatic rings. The van der Waals surface area contributed by atoms with Crippen LogP contribution in [0.2, 0.25) is 0 Å². The molecule has 17 heavy (non-hydrogen) atoms. The van der Waals surface area contributed by atoms with Gasteiger partial charge in [0.2, 0.25) is 0 Å². The number of hydrogen-bond donors (Lipinski definition) is 1. The minimum Gasteiger partial charge on any atom is -0.495 e. The van der Waals surface area contributed by atoms with Crippen LogP contribution in [-0.2, 0) is 0 Å². The molecule has 0 aliphatic carbocycles. The maximum absolute atomic E-state index is 5.29. The van der Waals surface area contributed by atoms with E-state index in [2.05, 4.69) is 20.3 Å². The first-order valence-corrected chi connectivity index (χ1v) is 5.30. The highest BCUT2D eigenvalue weighted by Crippen LogP contribution is 2.25. The first-order valence-electron chi connectivity index (χ1n) is 5.30. The van der Waals surface area contributed by atoms with Crippen LogP contribution in [0.3, 0.4) is 0 Å². The zero-order chi connectivity index (χ0) is 12.1. The van der Waals surface area contributed by atoms with Gasteiger partial charge in [-0.25, -0.2) is 9.97 Å². The Bertz CT molecular complexity index is 475. The van der Waals surface area contributed by atoms with Gasteiger partial charge in [-0.3, -0.25) is 4.98 Å². The predicted molar refractivity (Wildman–Crippen MR) is 63.7 cm³/mol. The molecular formula is C12H14N4O. The van der Waals surface area contributed by atoms with E-state index in [1.165, 1.54) is 0 Å². The SMILES string of the molecule is CNC(c1ncccn1)c1ncccc1OC. The van der Waals surface area contributed by atoms with Crippen molar-refractivity contribution >= 4 is 0 Å². The summed E-state index contributed by atoms with van der Waals surface area (Å²) < 4.78 is 5.29. The summed E-state index contributed by atoms with van der Waals surface area (Å²) in [6.45, 7) is 0. The molecule has 5 nitrogen and oxygen atoms in total. The summed E-state index contributed by atoms with van der Waals surface area (Å²) in [4.78, 5) is 12.8. The van der Waals surface area contributed by atoms with Crippen molar-refractivity contribution in [1.82, 2.24) is 20.3 Å². The molecule has 5 heteroatoms. The van der Waals surface area contributed by atoms with Crippen molar-refractivity contribution in [1.29, 1.82) is 0 Å². The fourth-order valence-electron chi connectivity index (χ4n) is 1.64. The number of aromatic nitrogens is 3. The van der Waals surface area contributed by atoms with Gasteiger partial charge in [0.15, 0.2) is 5.82 Å². The van der Waals surface area contributed by atoms with E-state index < -0.39 is 0 Å². The topological polar surface area (TPSA) is 59.9 Å². The lowest BCUT2D eigenvalue weighted by Crippen LogP contribution is -2.21. The van der Waals surface area contributed by atoms with Crippen molar-refractivity contribution < 1.29 is 4.74 Å². The van der Waals surface area contributed by atoms with Gasteiger partial charge in [-0.05, 0) is 25.2 Å². The molecule has 0 amide bonds. The lowest BCUT2D eigenvalue weighted by atomic mass is 10.1. The van der Waals surface area contributed by atoms with Crippen molar-refractivity contribution in [3.63, 3.8) is 0 Å². The Kier molecular flexibility index (Phi) is 3.62. The average molecular weight is 230 g/mol. The van der Waals surface area contributed by atoms with Crippen LogP contribution >= 0.6 is 0 Å². The van der Waals surface area contributed by atoms with E-state index in [0.29, 0.717) is 5.82 Å². The van der Waals surface area contributed by atoms with Crippen molar-refractivity contribution in [2.75, 3.05) is 14.2 Å². The molecule has 0 aliphatic heterocycles. The van der Waals surface area contributed by atoms with E-state index in [0.717, 1.165) is 11.4 Å². The lowest BCUT2D eigenvalue weighted by molar-refractivity contribution is 0.400. The van der Waals surface area contributed by atoms with Gasteiger partial charge in [-0.1, -0.05) is 0 Å². The van der Waals surface area contributed by atoms with Gasteiger partial charge < -0.3 is 10.1 Å². The van der Waals surface area contributed by atoms with E-state index in [-0.39, 0.29) is 6.04 Å². The van der Waals surface area contributed by atoms with Crippen molar-refractivity contribution in [3.8, 4) is 5.75 Å². The Labute approximate surface area is 99.9 Å². The van der Waals surface area contributed by atoms with Gasteiger partial charge >= 0.3 is 0 Å². The third-order valence-electron chi connectivity index (χ3n) is 2.43. The summed E-state index contributed by atoms with van der Waals surface area (Å²) >= 11 is 0. The highest BCUT2D eigenvalue weighted by Gasteiger charge is 2.19. The molecule has 0 bridgehead atoms. The number of pyridine rings is 1. The van der Waals surface area contributed by atoms with Crippen LogP contribution in [0, 0.1) is 0 Å². The molecule has 0 saturated heterocycles. The number of nitrogens with zero attached hydrogens (tertiary/aromatic N) is 3. The van der Waals surface area contributed by atoms with Gasteiger partial charge in [0.25, 0.3) is 0 Å². The second-order valence-corrected chi connectivity index (χ2v) is 3.42. The zero-order valence-electron chi connectivity index (χ0n) is 9.79. The molecule has 1 unspecified atom stereocenters. The zero-order valence-corrected chi connectivity index (χ0v) is 9.79. The van der Waals surface area contributed by atoms with E-state index in [1.54, 1.807) is 31.8 Å². The van der Waals surface area contributed by atoms with Crippen molar-refractivity contribution in [2.24, 2.45) is 0 Å². The summed E-state index contributed by atoms with van der Waals surface area (Å²) in [5, 5.41) is 3.14. The summed E-state index contributed by atoms with van der Waals surface area (Å²) in [5.41, 5.74) is 0.781. The quantitative estimate of drug-likeness (QED) is 0.855. The minimum absolute atomic E-state index is 0.174. The summed E-state index contributed by atoms with van der Waals surface area (Å²) in [6, 6.07) is 5.31.